The summed E-state index contributed by atoms with van der Waals surface area (Å²) >= 11 is 0. The Labute approximate surface area is 338 Å². The van der Waals surface area contributed by atoms with E-state index in [1.165, 1.54) is 0 Å². The lowest BCUT2D eigenvalue weighted by Crippen LogP contribution is -2.52. The van der Waals surface area contributed by atoms with Gasteiger partial charge in [0.05, 0.1) is 17.9 Å². The Morgan fingerprint density at radius 1 is 0.655 bits per heavy atom. The fraction of sp³-hybridized carbons (Fsp3) is 0.261. The van der Waals surface area contributed by atoms with Crippen LogP contribution in [-0.4, -0.2) is 90.8 Å². The van der Waals surface area contributed by atoms with Crippen LogP contribution in [0.3, 0.4) is 0 Å². The van der Waals surface area contributed by atoms with Gasteiger partial charge in [-0.25, -0.2) is 9.59 Å². The Morgan fingerprint density at radius 2 is 1.22 bits per heavy atom. The number of carbonyl (C=O) groups is 4. The van der Waals surface area contributed by atoms with Gasteiger partial charge >= 0.3 is 12.2 Å². The zero-order valence-corrected chi connectivity index (χ0v) is 32.3. The van der Waals surface area contributed by atoms with Gasteiger partial charge < -0.3 is 25.4 Å². The summed E-state index contributed by atoms with van der Waals surface area (Å²) in [5.74, 6) is -0.321. The van der Waals surface area contributed by atoms with Crippen LogP contribution in [0.1, 0.15) is 36.0 Å². The lowest BCUT2D eigenvalue weighted by atomic mass is 10.0. The van der Waals surface area contributed by atoms with Crippen molar-refractivity contribution in [2.75, 3.05) is 61.1 Å². The van der Waals surface area contributed by atoms with Crippen molar-refractivity contribution in [3.8, 4) is 22.3 Å². The minimum atomic E-state index is -1.35. The summed E-state index contributed by atoms with van der Waals surface area (Å²) in [5.41, 5.74) is 4.60. The third-order valence-corrected chi connectivity index (χ3v) is 10.5. The lowest BCUT2D eigenvalue weighted by Gasteiger charge is -2.36. The van der Waals surface area contributed by atoms with Gasteiger partial charge in [-0.3, -0.25) is 14.5 Å². The second-order valence-electron chi connectivity index (χ2n) is 14.5. The van der Waals surface area contributed by atoms with Crippen molar-refractivity contribution >= 4 is 41.1 Å². The van der Waals surface area contributed by atoms with Crippen molar-refractivity contribution in [1.82, 2.24) is 15.1 Å². The van der Waals surface area contributed by atoms with E-state index in [-0.39, 0.29) is 11.8 Å². The first kappa shape index (κ1) is 39.7. The average Bonchev–Trinajstić information content (AvgIpc) is 3.77. The molecule has 7 rings (SSSR count). The molecule has 0 aliphatic carbocycles. The maximum atomic E-state index is 14.5. The van der Waals surface area contributed by atoms with Gasteiger partial charge in [-0.2, -0.15) is 10.0 Å². The molecule has 2 saturated heterocycles. The standard InChI is InChI=1S/C46H48N6O6/c53-43(33-50-27-11-12-28-50)48-37-19-13-18-36(32-37)44(54)47-26-31-49-29-24-38(25-30-49)58-46(57)52(42-23-10-8-21-40(42)35-16-5-2-6-17-35)51(45(55)56)41-22-9-7-20-39(41)34-14-3-1-4-15-34/h1-10,13-23,32,38H,11-12,24-31,33H2,(H,47,54)(H,48,53)(H,55,56). The van der Waals surface area contributed by atoms with E-state index in [9.17, 15) is 24.3 Å². The number of ether oxygens (including phenoxy) is 1. The molecule has 2 aliphatic rings. The Morgan fingerprint density at radius 3 is 1.83 bits per heavy atom. The number of amides is 4. The van der Waals surface area contributed by atoms with E-state index in [0.717, 1.165) is 47.1 Å². The SMILES string of the molecule is O=C(CN1CCCC1)Nc1cccc(C(=O)NCCN2CCC(OC(=O)N(c3ccccc3-c3ccccc3)N(C(=O)O)c3ccccc3-c3ccccc3)CC2)c1. The number of rotatable bonds is 12. The number of anilines is 3. The summed E-state index contributed by atoms with van der Waals surface area (Å²) in [7, 11) is 0. The normalized spacial score (nSPS) is 14.7. The molecule has 3 N–H and O–H groups in total. The second kappa shape index (κ2) is 19.1. The molecule has 0 saturated carbocycles. The molecule has 4 amide bonds. The van der Waals surface area contributed by atoms with Crippen LogP contribution >= 0.6 is 0 Å². The van der Waals surface area contributed by atoms with Crippen molar-refractivity contribution in [2.24, 2.45) is 0 Å². The number of carboxylic acid groups (broad SMARTS) is 1. The molecular formula is C46H48N6O6. The van der Waals surface area contributed by atoms with Crippen molar-refractivity contribution < 1.29 is 29.0 Å². The van der Waals surface area contributed by atoms with Crippen LogP contribution in [-0.2, 0) is 9.53 Å². The third kappa shape index (κ3) is 9.89. The molecule has 0 aromatic heterocycles. The van der Waals surface area contributed by atoms with Crippen LogP contribution < -0.4 is 20.7 Å². The van der Waals surface area contributed by atoms with Crippen LogP contribution in [0.5, 0.6) is 0 Å². The number of hydrogen-bond acceptors (Lipinski definition) is 7. The third-order valence-electron chi connectivity index (χ3n) is 10.5. The molecule has 5 aromatic rings. The number of nitrogens with one attached hydrogen (secondary N) is 2. The maximum Gasteiger partial charge on any atom is 0.434 e. The number of carbonyl (C=O) groups excluding carboxylic acids is 3. The molecule has 0 bridgehead atoms. The predicted octanol–water partition coefficient (Wildman–Crippen LogP) is 7.99. The summed E-state index contributed by atoms with van der Waals surface area (Å²) < 4.78 is 6.17. The van der Waals surface area contributed by atoms with E-state index in [1.54, 1.807) is 48.5 Å². The number of nitrogens with zero attached hydrogens (tertiary/aromatic N) is 4. The second-order valence-corrected chi connectivity index (χ2v) is 14.5. The van der Waals surface area contributed by atoms with Gasteiger partial charge in [-0.1, -0.05) is 103 Å². The number of benzene rings is 5. The molecule has 12 heteroatoms. The minimum Gasteiger partial charge on any atom is -0.463 e. The number of hydrogen-bond donors (Lipinski definition) is 3. The molecule has 298 valence electrons. The molecule has 0 spiro atoms. The first-order chi connectivity index (χ1) is 28.3. The summed E-state index contributed by atoms with van der Waals surface area (Å²) in [5, 5.41) is 18.9. The van der Waals surface area contributed by atoms with E-state index < -0.39 is 18.3 Å². The average molecular weight is 781 g/mol. The molecule has 0 unspecified atom stereocenters. The Bertz CT molecular complexity index is 2190. The smallest absolute Gasteiger partial charge is 0.434 e. The van der Waals surface area contributed by atoms with Gasteiger partial charge in [0.1, 0.15) is 6.10 Å². The summed E-state index contributed by atoms with van der Waals surface area (Å²) in [6.45, 7) is 4.44. The van der Waals surface area contributed by atoms with Crippen molar-refractivity contribution in [1.29, 1.82) is 0 Å². The highest BCUT2D eigenvalue weighted by molar-refractivity contribution is 6.06. The number of para-hydroxylation sites is 2. The van der Waals surface area contributed by atoms with Crippen LogP contribution in [0.2, 0.25) is 0 Å². The van der Waals surface area contributed by atoms with E-state index in [0.29, 0.717) is 79.3 Å². The molecule has 2 heterocycles. The van der Waals surface area contributed by atoms with E-state index in [2.05, 4.69) is 20.4 Å². The van der Waals surface area contributed by atoms with Gasteiger partial charge in [0.25, 0.3) is 5.91 Å². The first-order valence-electron chi connectivity index (χ1n) is 19.8. The monoisotopic (exact) mass is 780 g/mol. The van der Waals surface area contributed by atoms with Gasteiger partial charge in [-0.05, 0) is 80.2 Å². The Balaban J connectivity index is 1.01. The molecule has 5 aromatic carbocycles. The minimum absolute atomic E-state index is 0.0918. The van der Waals surface area contributed by atoms with Crippen molar-refractivity contribution in [2.45, 2.75) is 31.8 Å². The van der Waals surface area contributed by atoms with Crippen molar-refractivity contribution in [3.63, 3.8) is 0 Å². The van der Waals surface area contributed by atoms with Crippen LogP contribution in [0.4, 0.5) is 26.7 Å². The van der Waals surface area contributed by atoms with E-state index in [4.69, 9.17) is 4.74 Å². The lowest BCUT2D eigenvalue weighted by molar-refractivity contribution is -0.117. The Hall–Kier alpha value is -6.50. The fourth-order valence-electron chi connectivity index (χ4n) is 7.58. The predicted molar refractivity (Wildman–Crippen MR) is 226 cm³/mol. The topological polar surface area (TPSA) is 135 Å². The van der Waals surface area contributed by atoms with Gasteiger partial charge in [0.15, 0.2) is 0 Å². The number of likely N-dealkylation sites (tertiary alicyclic amines) is 2. The molecule has 0 atom stereocenters. The quantitative estimate of drug-likeness (QED) is 0.109. The first-order valence-corrected chi connectivity index (χ1v) is 19.8. The van der Waals surface area contributed by atoms with Crippen LogP contribution in [0, 0.1) is 0 Å². The highest BCUT2D eigenvalue weighted by Gasteiger charge is 2.36. The highest BCUT2D eigenvalue weighted by atomic mass is 16.6. The highest BCUT2D eigenvalue weighted by Crippen LogP contribution is 2.38. The number of hydrazine groups is 1. The van der Waals surface area contributed by atoms with E-state index in [1.807, 2.05) is 84.9 Å². The summed E-state index contributed by atoms with van der Waals surface area (Å²) in [4.78, 5) is 57.7. The largest absolute Gasteiger partial charge is 0.463 e. The van der Waals surface area contributed by atoms with Gasteiger partial charge in [0.2, 0.25) is 5.91 Å². The van der Waals surface area contributed by atoms with Crippen molar-refractivity contribution in [3.05, 3.63) is 139 Å². The fourth-order valence-corrected chi connectivity index (χ4v) is 7.58. The molecular weight excluding hydrogens is 733 g/mol. The molecule has 2 fully saturated rings. The number of piperidine rings is 1. The molecule has 0 radical (unpaired) electrons. The maximum absolute atomic E-state index is 14.5. The molecule has 58 heavy (non-hydrogen) atoms. The zero-order valence-electron chi connectivity index (χ0n) is 32.3. The van der Waals surface area contributed by atoms with Crippen LogP contribution in [0.15, 0.2) is 133 Å². The van der Waals surface area contributed by atoms with Gasteiger partial charge in [0, 0.05) is 48.6 Å². The van der Waals surface area contributed by atoms with Crippen LogP contribution in [0.25, 0.3) is 22.3 Å². The summed E-state index contributed by atoms with van der Waals surface area (Å²) in [6, 6.07) is 40.2. The molecule has 12 nitrogen and oxygen atoms in total. The van der Waals surface area contributed by atoms with Gasteiger partial charge in [-0.15, -0.1) is 0 Å². The molecule has 2 aliphatic heterocycles. The van der Waals surface area contributed by atoms with E-state index >= 15 is 0 Å². The zero-order chi connectivity index (χ0) is 40.3. The Kier molecular flexibility index (Phi) is 13.1. The summed E-state index contributed by atoms with van der Waals surface area (Å²) in [6.07, 6.45) is 0.645.